The van der Waals surface area contributed by atoms with Crippen LogP contribution in [-0.2, 0) is 19.6 Å². The van der Waals surface area contributed by atoms with Gasteiger partial charge in [-0.05, 0) is 100 Å². The fraction of sp³-hybridized carbons (Fsp3) is 0.483. The molecule has 0 saturated carbocycles. The van der Waals surface area contributed by atoms with E-state index in [9.17, 15) is 13.2 Å². The highest BCUT2D eigenvalue weighted by atomic mass is 35.5. The van der Waals surface area contributed by atoms with Gasteiger partial charge in [-0.15, -0.1) is 11.3 Å². The molecule has 214 valence electrons. The van der Waals surface area contributed by atoms with Gasteiger partial charge in [0.05, 0.1) is 13.2 Å². The van der Waals surface area contributed by atoms with E-state index in [0.29, 0.717) is 45.7 Å². The Balaban J connectivity index is 1.81. The van der Waals surface area contributed by atoms with Crippen LogP contribution in [0, 0.1) is 13.8 Å². The summed E-state index contributed by atoms with van der Waals surface area (Å²) in [6.07, 6.45) is 0.925. The molecule has 10 heteroatoms. The van der Waals surface area contributed by atoms with Crippen LogP contribution < -0.4 is 9.47 Å². The van der Waals surface area contributed by atoms with Gasteiger partial charge in [-0.2, -0.15) is 4.31 Å². The minimum absolute atomic E-state index is 0.217. The Kier molecular flexibility index (Phi) is 10.3. The van der Waals surface area contributed by atoms with E-state index in [1.807, 2.05) is 45.9 Å². The van der Waals surface area contributed by atoms with E-state index in [0.717, 1.165) is 15.6 Å². The predicted octanol–water partition coefficient (Wildman–Crippen LogP) is 7.15. The number of ether oxygens (including phenoxy) is 3. The van der Waals surface area contributed by atoms with E-state index in [4.69, 9.17) is 25.8 Å². The van der Waals surface area contributed by atoms with Gasteiger partial charge in [0, 0.05) is 16.3 Å². The molecule has 0 aliphatic rings. The van der Waals surface area contributed by atoms with E-state index in [-0.39, 0.29) is 19.3 Å². The van der Waals surface area contributed by atoms with Crippen LogP contribution in [0.5, 0.6) is 11.5 Å². The lowest BCUT2D eigenvalue weighted by atomic mass is 10.1. The van der Waals surface area contributed by atoms with Crippen molar-refractivity contribution in [3.8, 4) is 11.5 Å². The lowest BCUT2D eigenvalue weighted by molar-refractivity contribution is -0.158. The fourth-order valence-corrected chi connectivity index (χ4v) is 7.81. The van der Waals surface area contributed by atoms with Gasteiger partial charge in [0.1, 0.15) is 21.8 Å². The molecule has 0 amide bonds. The number of aryl methyl sites for hydroxylation is 2. The van der Waals surface area contributed by atoms with Crippen LogP contribution >= 0.6 is 22.9 Å². The van der Waals surface area contributed by atoms with Crippen molar-refractivity contribution < 1.29 is 27.4 Å². The van der Waals surface area contributed by atoms with Gasteiger partial charge < -0.3 is 14.2 Å². The molecule has 0 aliphatic carbocycles. The second kappa shape index (κ2) is 12.9. The number of fused-ring (bicyclic) bond motifs is 1. The highest BCUT2D eigenvalue weighted by Crippen LogP contribution is 2.37. The van der Waals surface area contributed by atoms with Crippen LogP contribution in [0.2, 0.25) is 5.02 Å². The molecule has 39 heavy (non-hydrogen) atoms. The van der Waals surface area contributed by atoms with Crippen molar-refractivity contribution in [2.75, 3.05) is 19.7 Å². The summed E-state index contributed by atoms with van der Waals surface area (Å²) in [7, 11) is -3.75. The standard InChI is InChI=1S/C29H38ClNO6S2/c1-8-15-31(39(33,34)27-20(5)24-17-21(30)11-14-26(24)38-27)18-22(9-2)36-23-12-13-25(19(4)16-23)37-29(6,7)28(32)35-10-3/h11-14,16-17,22H,8-10,15,18H2,1-7H3. The molecule has 3 rings (SSSR count). The van der Waals surface area contributed by atoms with Crippen LogP contribution in [0.25, 0.3) is 10.1 Å². The maximum atomic E-state index is 13.8. The summed E-state index contributed by atoms with van der Waals surface area (Å²) in [4.78, 5) is 12.2. The molecule has 0 radical (unpaired) electrons. The normalized spacial score (nSPS) is 13.1. The molecular formula is C29H38ClNO6S2. The zero-order valence-electron chi connectivity index (χ0n) is 23.7. The molecule has 0 saturated heterocycles. The Bertz CT molecular complexity index is 1420. The van der Waals surface area contributed by atoms with Crippen molar-refractivity contribution in [3.63, 3.8) is 0 Å². The number of nitrogens with zero attached hydrogens (tertiary/aromatic N) is 1. The number of carbonyl (C=O) groups excluding carboxylic acids is 1. The van der Waals surface area contributed by atoms with E-state index < -0.39 is 21.6 Å². The van der Waals surface area contributed by atoms with Crippen LogP contribution in [0.4, 0.5) is 0 Å². The summed E-state index contributed by atoms with van der Waals surface area (Å²) >= 11 is 7.44. The third kappa shape index (κ3) is 7.25. The second-order valence-corrected chi connectivity index (χ2v) is 13.5. The molecule has 1 atom stereocenters. The fourth-order valence-electron chi connectivity index (χ4n) is 4.19. The molecule has 0 fully saturated rings. The molecular weight excluding hydrogens is 558 g/mol. The third-order valence-corrected chi connectivity index (χ3v) is 10.3. The maximum absolute atomic E-state index is 13.8. The third-order valence-electron chi connectivity index (χ3n) is 6.35. The molecule has 0 N–H and O–H groups in total. The van der Waals surface area contributed by atoms with Crippen LogP contribution in [0.15, 0.2) is 40.6 Å². The molecule has 1 heterocycles. The minimum Gasteiger partial charge on any atom is -0.489 e. The molecule has 3 aromatic rings. The van der Waals surface area contributed by atoms with Gasteiger partial charge in [0.2, 0.25) is 0 Å². The van der Waals surface area contributed by atoms with Crippen LogP contribution in [-0.4, -0.2) is 50.1 Å². The zero-order chi connectivity index (χ0) is 29.0. The Labute approximate surface area is 241 Å². The smallest absolute Gasteiger partial charge is 0.349 e. The van der Waals surface area contributed by atoms with Gasteiger partial charge >= 0.3 is 5.97 Å². The summed E-state index contributed by atoms with van der Waals surface area (Å²) in [6, 6.07) is 10.8. The summed E-state index contributed by atoms with van der Waals surface area (Å²) in [6.45, 7) is 13.6. The second-order valence-electron chi connectivity index (χ2n) is 9.93. The Morgan fingerprint density at radius 1 is 1.10 bits per heavy atom. The number of thiophene rings is 1. The first-order valence-electron chi connectivity index (χ1n) is 13.2. The highest BCUT2D eigenvalue weighted by molar-refractivity contribution is 7.91. The average molecular weight is 596 g/mol. The van der Waals surface area contributed by atoms with E-state index in [1.54, 1.807) is 39.0 Å². The number of sulfonamides is 1. The van der Waals surface area contributed by atoms with Gasteiger partial charge in [-0.25, -0.2) is 13.2 Å². The summed E-state index contributed by atoms with van der Waals surface area (Å²) in [5.74, 6) is 0.705. The average Bonchev–Trinajstić information content (AvgIpc) is 3.21. The van der Waals surface area contributed by atoms with Gasteiger partial charge in [0.15, 0.2) is 5.60 Å². The van der Waals surface area contributed by atoms with E-state index >= 15 is 0 Å². The van der Waals surface area contributed by atoms with Crippen LogP contribution in [0.3, 0.4) is 0 Å². The number of halogens is 1. The zero-order valence-corrected chi connectivity index (χ0v) is 26.1. The summed E-state index contributed by atoms with van der Waals surface area (Å²) in [5, 5.41) is 1.43. The number of hydrogen-bond acceptors (Lipinski definition) is 7. The molecule has 2 aromatic carbocycles. The van der Waals surface area contributed by atoms with Crippen molar-refractivity contribution in [3.05, 3.63) is 52.5 Å². The Morgan fingerprint density at radius 3 is 2.44 bits per heavy atom. The van der Waals surface area contributed by atoms with Gasteiger partial charge in [-0.1, -0.05) is 25.4 Å². The quantitative estimate of drug-likeness (QED) is 0.195. The maximum Gasteiger partial charge on any atom is 0.349 e. The molecule has 0 aliphatic heterocycles. The Hall–Kier alpha value is -2.33. The number of hydrogen-bond donors (Lipinski definition) is 0. The highest BCUT2D eigenvalue weighted by Gasteiger charge is 2.33. The number of carbonyl (C=O) groups is 1. The molecule has 7 nitrogen and oxygen atoms in total. The van der Waals surface area contributed by atoms with Crippen molar-refractivity contribution >= 4 is 49.0 Å². The first kappa shape index (κ1) is 31.2. The molecule has 1 aromatic heterocycles. The van der Waals surface area contributed by atoms with Gasteiger partial charge in [-0.3, -0.25) is 0 Å². The number of benzene rings is 2. The monoisotopic (exact) mass is 595 g/mol. The molecule has 0 bridgehead atoms. The summed E-state index contributed by atoms with van der Waals surface area (Å²) < 4.78 is 47.7. The Morgan fingerprint density at radius 2 is 1.82 bits per heavy atom. The summed E-state index contributed by atoms with van der Waals surface area (Å²) in [5.41, 5.74) is 0.363. The number of rotatable bonds is 13. The topological polar surface area (TPSA) is 82.1 Å². The number of esters is 1. The van der Waals surface area contributed by atoms with Gasteiger partial charge in [0.25, 0.3) is 10.0 Å². The predicted molar refractivity (Wildman–Crippen MR) is 158 cm³/mol. The minimum atomic E-state index is -3.75. The van der Waals surface area contributed by atoms with Crippen LogP contribution in [0.1, 0.15) is 58.6 Å². The lowest BCUT2D eigenvalue weighted by Crippen LogP contribution is -2.40. The van der Waals surface area contributed by atoms with Crippen molar-refractivity contribution in [1.29, 1.82) is 0 Å². The SMILES string of the molecule is CCCN(CC(CC)Oc1ccc(OC(C)(C)C(=O)OCC)c(C)c1)S(=O)(=O)c1sc2ccc(Cl)cc2c1C. The first-order chi connectivity index (χ1) is 18.3. The van der Waals surface area contributed by atoms with Crippen molar-refractivity contribution in [2.45, 2.75) is 77.2 Å². The van der Waals surface area contributed by atoms with Crippen molar-refractivity contribution in [1.82, 2.24) is 4.31 Å². The first-order valence-corrected chi connectivity index (χ1v) is 15.8. The molecule has 0 spiro atoms. The van der Waals surface area contributed by atoms with E-state index in [1.165, 1.54) is 15.6 Å². The molecule has 1 unspecified atom stereocenters. The van der Waals surface area contributed by atoms with E-state index in [2.05, 4.69) is 0 Å². The van der Waals surface area contributed by atoms with Crippen molar-refractivity contribution in [2.24, 2.45) is 0 Å². The largest absolute Gasteiger partial charge is 0.489 e. The lowest BCUT2D eigenvalue weighted by Gasteiger charge is -2.27.